The first-order chi connectivity index (χ1) is 9.38. The Balaban J connectivity index is 2.15. The van der Waals surface area contributed by atoms with Gasteiger partial charge in [0.25, 0.3) is 0 Å². The number of pyridine rings is 1. The van der Waals surface area contributed by atoms with E-state index < -0.39 is 6.04 Å². The van der Waals surface area contributed by atoms with Crippen LogP contribution in [0, 0.1) is 13.8 Å². The summed E-state index contributed by atoms with van der Waals surface area (Å²) in [7, 11) is 0. The van der Waals surface area contributed by atoms with Crippen molar-refractivity contribution in [1.82, 2.24) is 14.8 Å². The lowest BCUT2D eigenvalue weighted by atomic mass is 10.3. The van der Waals surface area contributed by atoms with Crippen LogP contribution in [0.5, 0.6) is 0 Å². The Labute approximate surface area is 126 Å². The number of carbonyl (C=O) groups is 1. The van der Waals surface area contributed by atoms with Crippen molar-refractivity contribution in [1.29, 1.82) is 0 Å². The molecule has 1 atom stereocenters. The molecule has 0 spiro atoms. The molecule has 0 saturated heterocycles. The maximum Gasteiger partial charge on any atom is 0.250 e. The second-order valence-corrected chi connectivity index (χ2v) is 5.33. The van der Waals surface area contributed by atoms with E-state index >= 15 is 0 Å². The van der Waals surface area contributed by atoms with E-state index in [1.807, 2.05) is 19.9 Å². The van der Waals surface area contributed by atoms with Crippen molar-refractivity contribution >= 4 is 34.9 Å². The zero-order chi connectivity index (χ0) is 14.9. The highest BCUT2D eigenvalue weighted by Gasteiger charge is 2.18. The molecule has 7 heteroatoms. The molecule has 0 saturated carbocycles. The van der Waals surface area contributed by atoms with E-state index in [1.54, 1.807) is 11.6 Å². The molecule has 2 aromatic heterocycles. The maximum absolute atomic E-state index is 12.2. The number of anilines is 1. The number of halogens is 2. The Hall–Kier alpha value is -1.59. The molecular formula is C13H14Cl2N4O. The first-order valence-corrected chi connectivity index (χ1v) is 6.78. The summed E-state index contributed by atoms with van der Waals surface area (Å²) in [6.45, 7) is 5.56. The smallest absolute Gasteiger partial charge is 0.250 e. The van der Waals surface area contributed by atoms with Crippen molar-refractivity contribution < 1.29 is 4.79 Å². The minimum atomic E-state index is -0.444. The van der Waals surface area contributed by atoms with E-state index in [-0.39, 0.29) is 5.91 Å². The van der Waals surface area contributed by atoms with Crippen LogP contribution in [0.3, 0.4) is 0 Å². The van der Waals surface area contributed by atoms with Gasteiger partial charge in [-0.25, -0.2) is 4.98 Å². The number of hydrogen-bond acceptors (Lipinski definition) is 3. The fourth-order valence-electron chi connectivity index (χ4n) is 1.86. The summed E-state index contributed by atoms with van der Waals surface area (Å²) in [6, 6.07) is 2.98. The van der Waals surface area contributed by atoms with Crippen molar-refractivity contribution in [2.75, 3.05) is 5.32 Å². The summed E-state index contributed by atoms with van der Waals surface area (Å²) in [6.07, 6.45) is 1.40. The Bertz CT molecular complexity index is 654. The molecule has 5 nitrogen and oxygen atoms in total. The molecule has 0 fully saturated rings. The van der Waals surface area contributed by atoms with Gasteiger partial charge in [-0.1, -0.05) is 23.2 Å². The predicted molar refractivity (Wildman–Crippen MR) is 79.3 cm³/mol. The van der Waals surface area contributed by atoms with Crippen molar-refractivity contribution in [3.05, 3.63) is 39.8 Å². The summed E-state index contributed by atoms with van der Waals surface area (Å²) in [5, 5.41) is 7.67. The first-order valence-electron chi connectivity index (χ1n) is 6.03. The Morgan fingerprint density at radius 1 is 1.30 bits per heavy atom. The molecule has 2 rings (SSSR count). The molecule has 1 N–H and O–H groups in total. The van der Waals surface area contributed by atoms with Crippen LogP contribution in [0.15, 0.2) is 18.3 Å². The second-order valence-electron chi connectivity index (χ2n) is 4.52. The van der Waals surface area contributed by atoms with Crippen LogP contribution in [-0.4, -0.2) is 20.7 Å². The zero-order valence-electron chi connectivity index (χ0n) is 11.3. The third kappa shape index (κ3) is 3.11. The molecule has 0 unspecified atom stereocenters. The lowest BCUT2D eigenvalue weighted by Gasteiger charge is -2.14. The number of hydrogen-bond donors (Lipinski definition) is 1. The van der Waals surface area contributed by atoms with Gasteiger partial charge < -0.3 is 5.32 Å². The van der Waals surface area contributed by atoms with E-state index in [0.29, 0.717) is 15.9 Å². The third-order valence-corrected chi connectivity index (χ3v) is 3.56. The summed E-state index contributed by atoms with van der Waals surface area (Å²) in [4.78, 5) is 16.2. The predicted octanol–water partition coefficient (Wildman–Crippen LogP) is 3.40. The van der Waals surface area contributed by atoms with Crippen LogP contribution in [0.4, 0.5) is 5.82 Å². The van der Waals surface area contributed by atoms with Crippen LogP contribution in [-0.2, 0) is 4.79 Å². The molecule has 20 heavy (non-hydrogen) atoms. The van der Waals surface area contributed by atoms with Crippen LogP contribution in [0.2, 0.25) is 10.0 Å². The van der Waals surface area contributed by atoms with E-state index in [4.69, 9.17) is 23.2 Å². The monoisotopic (exact) mass is 312 g/mol. The van der Waals surface area contributed by atoms with Crippen molar-refractivity contribution in [3.8, 4) is 0 Å². The lowest BCUT2D eigenvalue weighted by Crippen LogP contribution is -2.25. The van der Waals surface area contributed by atoms with E-state index in [0.717, 1.165) is 11.4 Å². The second kappa shape index (κ2) is 5.81. The molecule has 106 valence electrons. The van der Waals surface area contributed by atoms with Gasteiger partial charge in [-0.05, 0) is 26.8 Å². The summed E-state index contributed by atoms with van der Waals surface area (Å²) < 4.78 is 1.67. The van der Waals surface area contributed by atoms with E-state index in [2.05, 4.69) is 15.4 Å². The topological polar surface area (TPSA) is 59.8 Å². The largest absolute Gasteiger partial charge is 0.309 e. The highest BCUT2D eigenvalue weighted by molar-refractivity contribution is 6.42. The average Bonchev–Trinajstić information content (AvgIpc) is 2.72. The minimum absolute atomic E-state index is 0.220. The Kier molecular flexibility index (Phi) is 4.30. The Morgan fingerprint density at radius 2 is 2.00 bits per heavy atom. The zero-order valence-corrected chi connectivity index (χ0v) is 12.8. The van der Waals surface area contributed by atoms with Gasteiger partial charge in [0.05, 0.1) is 15.7 Å². The number of amides is 1. The number of aromatic nitrogens is 3. The average molecular weight is 313 g/mol. The molecule has 0 aliphatic carbocycles. The fourth-order valence-corrected chi connectivity index (χ4v) is 2.12. The quantitative estimate of drug-likeness (QED) is 0.945. The SMILES string of the molecule is Cc1cc(C)n([C@@H](C)C(=O)Nc2cc(Cl)c(Cl)cn2)n1. The minimum Gasteiger partial charge on any atom is -0.309 e. The summed E-state index contributed by atoms with van der Waals surface area (Å²) in [5.41, 5.74) is 1.79. The van der Waals surface area contributed by atoms with Crippen LogP contribution in [0.1, 0.15) is 24.4 Å². The normalized spacial score (nSPS) is 12.2. The lowest BCUT2D eigenvalue weighted by molar-refractivity contribution is -0.119. The summed E-state index contributed by atoms with van der Waals surface area (Å²) >= 11 is 11.7. The summed E-state index contributed by atoms with van der Waals surface area (Å²) in [5.74, 6) is 0.139. The van der Waals surface area contributed by atoms with Gasteiger partial charge in [-0.3, -0.25) is 9.48 Å². The van der Waals surface area contributed by atoms with E-state index in [1.165, 1.54) is 12.3 Å². The first kappa shape index (κ1) is 14.8. The van der Waals surface area contributed by atoms with Gasteiger partial charge in [0.15, 0.2) is 0 Å². The van der Waals surface area contributed by atoms with Crippen molar-refractivity contribution in [2.24, 2.45) is 0 Å². The molecule has 0 radical (unpaired) electrons. The standard InChI is InChI=1S/C13H14Cl2N4O/c1-7-4-8(2)19(18-7)9(3)13(20)17-12-5-10(14)11(15)6-16-12/h4-6,9H,1-3H3,(H,16,17,20)/t9-/m0/s1. The van der Waals surface area contributed by atoms with Crippen LogP contribution >= 0.6 is 23.2 Å². The fraction of sp³-hybridized carbons (Fsp3) is 0.308. The number of rotatable bonds is 3. The number of nitrogens with one attached hydrogen (secondary N) is 1. The number of aryl methyl sites for hydroxylation is 2. The number of carbonyl (C=O) groups excluding carboxylic acids is 1. The van der Waals surface area contributed by atoms with Crippen LogP contribution < -0.4 is 5.32 Å². The van der Waals surface area contributed by atoms with Gasteiger partial charge in [-0.2, -0.15) is 5.10 Å². The van der Waals surface area contributed by atoms with Gasteiger partial charge in [0.1, 0.15) is 11.9 Å². The molecular weight excluding hydrogens is 299 g/mol. The van der Waals surface area contributed by atoms with Gasteiger partial charge in [-0.15, -0.1) is 0 Å². The Morgan fingerprint density at radius 3 is 2.55 bits per heavy atom. The molecule has 0 aromatic carbocycles. The molecule has 1 amide bonds. The molecule has 2 aromatic rings. The molecule has 0 bridgehead atoms. The number of nitrogens with zero attached hydrogens (tertiary/aromatic N) is 3. The van der Waals surface area contributed by atoms with Crippen LogP contribution in [0.25, 0.3) is 0 Å². The van der Waals surface area contributed by atoms with E-state index in [9.17, 15) is 4.79 Å². The molecule has 0 aliphatic heterocycles. The molecule has 2 heterocycles. The highest BCUT2D eigenvalue weighted by Crippen LogP contribution is 2.23. The van der Waals surface area contributed by atoms with Crippen molar-refractivity contribution in [2.45, 2.75) is 26.8 Å². The van der Waals surface area contributed by atoms with Gasteiger partial charge in [0, 0.05) is 18.0 Å². The van der Waals surface area contributed by atoms with Gasteiger partial charge >= 0.3 is 0 Å². The third-order valence-electron chi connectivity index (χ3n) is 2.85. The maximum atomic E-state index is 12.2. The highest BCUT2D eigenvalue weighted by atomic mass is 35.5. The molecule has 0 aliphatic rings. The van der Waals surface area contributed by atoms with Gasteiger partial charge in [0.2, 0.25) is 5.91 Å². The van der Waals surface area contributed by atoms with Crippen molar-refractivity contribution in [3.63, 3.8) is 0 Å².